The number of rotatable bonds is 3. The summed E-state index contributed by atoms with van der Waals surface area (Å²) >= 11 is 13.2. The Bertz CT molecular complexity index is 853. The van der Waals surface area contributed by atoms with Gasteiger partial charge < -0.3 is 5.73 Å². The average molecular weight is 366 g/mol. The standard InChI is InChI=1S/C15H9Cl2N3O2S/c16-11-3-1-8(6-12(11)17)13-4-2-10(23-13)5-9(7-18)14(21)20-15(19)22/h1-6H,(H3,19,20,21,22). The van der Waals surface area contributed by atoms with E-state index in [-0.39, 0.29) is 5.57 Å². The first kappa shape index (κ1) is 17.0. The monoisotopic (exact) mass is 365 g/mol. The number of benzene rings is 1. The fourth-order valence-corrected chi connectivity index (χ4v) is 2.95. The van der Waals surface area contributed by atoms with Gasteiger partial charge in [-0.3, -0.25) is 10.1 Å². The van der Waals surface area contributed by atoms with E-state index in [1.807, 2.05) is 17.4 Å². The number of hydrogen-bond acceptors (Lipinski definition) is 4. The van der Waals surface area contributed by atoms with Crippen LogP contribution < -0.4 is 11.1 Å². The number of nitrogens with one attached hydrogen (secondary N) is 1. The lowest BCUT2D eigenvalue weighted by Gasteiger charge is -2.00. The molecule has 0 atom stereocenters. The van der Waals surface area contributed by atoms with Gasteiger partial charge in [0.1, 0.15) is 11.6 Å². The van der Waals surface area contributed by atoms with Crippen molar-refractivity contribution in [2.24, 2.45) is 5.73 Å². The number of halogens is 2. The van der Waals surface area contributed by atoms with E-state index in [1.165, 1.54) is 17.4 Å². The van der Waals surface area contributed by atoms with Gasteiger partial charge in [-0.1, -0.05) is 29.3 Å². The highest BCUT2D eigenvalue weighted by Gasteiger charge is 2.12. The van der Waals surface area contributed by atoms with Crippen molar-refractivity contribution < 1.29 is 9.59 Å². The zero-order valence-corrected chi connectivity index (χ0v) is 13.8. The Balaban J connectivity index is 2.29. The molecule has 0 unspecified atom stereocenters. The van der Waals surface area contributed by atoms with Gasteiger partial charge in [0.2, 0.25) is 0 Å². The van der Waals surface area contributed by atoms with Crippen LogP contribution in [-0.4, -0.2) is 11.9 Å². The Morgan fingerprint density at radius 1 is 1.22 bits per heavy atom. The highest BCUT2D eigenvalue weighted by molar-refractivity contribution is 7.16. The van der Waals surface area contributed by atoms with Gasteiger partial charge in [0.25, 0.3) is 5.91 Å². The second kappa shape index (κ2) is 7.29. The third-order valence-electron chi connectivity index (χ3n) is 2.72. The predicted molar refractivity (Wildman–Crippen MR) is 91.1 cm³/mol. The quantitative estimate of drug-likeness (QED) is 0.638. The Morgan fingerprint density at radius 2 is 1.96 bits per heavy atom. The van der Waals surface area contributed by atoms with Crippen molar-refractivity contribution in [1.82, 2.24) is 5.32 Å². The molecule has 8 heteroatoms. The van der Waals surface area contributed by atoms with Crippen molar-refractivity contribution in [1.29, 1.82) is 5.26 Å². The van der Waals surface area contributed by atoms with Crippen molar-refractivity contribution >= 4 is 52.6 Å². The van der Waals surface area contributed by atoms with Gasteiger partial charge >= 0.3 is 6.03 Å². The first-order valence-electron chi connectivity index (χ1n) is 6.18. The van der Waals surface area contributed by atoms with Crippen molar-refractivity contribution in [3.8, 4) is 16.5 Å². The first-order valence-corrected chi connectivity index (χ1v) is 7.76. The molecule has 0 aliphatic rings. The molecule has 1 aromatic heterocycles. The van der Waals surface area contributed by atoms with Gasteiger partial charge in [0.15, 0.2) is 0 Å². The number of carbonyl (C=O) groups is 2. The number of thiophene rings is 1. The Hall–Kier alpha value is -2.33. The molecule has 0 bridgehead atoms. The molecule has 5 nitrogen and oxygen atoms in total. The van der Waals surface area contributed by atoms with Gasteiger partial charge in [-0.2, -0.15) is 5.26 Å². The predicted octanol–water partition coefficient (Wildman–Crippen LogP) is 3.82. The lowest BCUT2D eigenvalue weighted by atomic mass is 10.2. The molecule has 2 aromatic rings. The maximum Gasteiger partial charge on any atom is 0.319 e. The van der Waals surface area contributed by atoms with Crippen LogP contribution in [0.25, 0.3) is 16.5 Å². The second-order valence-corrected chi connectivity index (χ2v) is 6.25. The second-order valence-electron chi connectivity index (χ2n) is 4.32. The third kappa shape index (κ3) is 4.33. The minimum atomic E-state index is -1.01. The van der Waals surface area contributed by atoms with E-state index < -0.39 is 11.9 Å². The summed E-state index contributed by atoms with van der Waals surface area (Å²) in [7, 11) is 0. The number of hydrogen-bond donors (Lipinski definition) is 2. The van der Waals surface area contributed by atoms with Crippen LogP contribution in [0.3, 0.4) is 0 Å². The molecule has 2 rings (SSSR count). The first-order chi connectivity index (χ1) is 10.9. The summed E-state index contributed by atoms with van der Waals surface area (Å²) in [6.07, 6.45) is 1.38. The Morgan fingerprint density at radius 3 is 2.57 bits per heavy atom. The summed E-state index contributed by atoms with van der Waals surface area (Å²) in [6.45, 7) is 0. The fraction of sp³-hybridized carbons (Fsp3) is 0. The van der Waals surface area contributed by atoms with E-state index in [4.69, 9.17) is 34.2 Å². The van der Waals surface area contributed by atoms with E-state index in [9.17, 15) is 9.59 Å². The number of urea groups is 1. The summed E-state index contributed by atoms with van der Waals surface area (Å²) in [5.74, 6) is -0.843. The molecule has 23 heavy (non-hydrogen) atoms. The number of amides is 3. The molecule has 0 spiro atoms. The molecular formula is C15H9Cl2N3O2S. The van der Waals surface area contributed by atoms with Gasteiger partial charge in [-0.05, 0) is 35.9 Å². The van der Waals surface area contributed by atoms with Crippen LogP contribution in [-0.2, 0) is 4.79 Å². The van der Waals surface area contributed by atoms with Crippen LogP contribution in [0, 0.1) is 11.3 Å². The number of primary amides is 1. The molecule has 0 saturated carbocycles. The smallest absolute Gasteiger partial charge is 0.319 e. The molecular weight excluding hydrogens is 357 g/mol. The average Bonchev–Trinajstić information content (AvgIpc) is 2.95. The lowest BCUT2D eigenvalue weighted by molar-refractivity contribution is -0.115. The van der Waals surface area contributed by atoms with Gasteiger partial charge in [-0.15, -0.1) is 11.3 Å². The number of nitrogens with zero attached hydrogens (tertiary/aromatic N) is 1. The maximum absolute atomic E-state index is 11.6. The topological polar surface area (TPSA) is 96.0 Å². The minimum absolute atomic E-state index is 0.216. The van der Waals surface area contributed by atoms with E-state index in [0.717, 1.165) is 10.4 Å². The van der Waals surface area contributed by atoms with Crippen LogP contribution in [0.4, 0.5) is 4.79 Å². The molecule has 0 saturated heterocycles. The van der Waals surface area contributed by atoms with Crippen molar-refractivity contribution in [2.45, 2.75) is 0 Å². The molecule has 1 aromatic carbocycles. The largest absolute Gasteiger partial charge is 0.351 e. The summed E-state index contributed by atoms with van der Waals surface area (Å²) in [5, 5.41) is 11.7. The van der Waals surface area contributed by atoms with Gasteiger partial charge in [0.05, 0.1) is 10.0 Å². The molecule has 116 valence electrons. The fourth-order valence-electron chi connectivity index (χ4n) is 1.71. The van der Waals surface area contributed by atoms with Crippen LogP contribution in [0.1, 0.15) is 4.88 Å². The van der Waals surface area contributed by atoms with Crippen LogP contribution in [0.5, 0.6) is 0 Å². The minimum Gasteiger partial charge on any atom is -0.351 e. The van der Waals surface area contributed by atoms with Gasteiger partial charge in [-0.25, -0.2) is 4.79 Å². The molecule has 0 aliphatic carbocycles. The molecule has 3 amide bonds. The molecule has 3 N–H and O–H groups in total. The van der Waals surface area contributed by atoms with E-state index in [2.05, 4.69) is 0 Å². The molecule has 0 radical (unpaired) electrons. The lowest BCUT2D eigenvalue weighted by Crippen LogP contribution is -2.35. The van der Waals surface area contributed by atoms with Crippen LogP contribution in [0.15, 0.2) is 35.9 Å². The zero-order valence-electron chi connectivity index (χ0n) is 11.5. The van der Waals surface area contributed by atoms with Crippen molar-refractivity contribution in [3.63, 3.8) is 0 Å². The Labute approximate surface area is 145 Å². The SMILES string of the molecule is N#CC(=Cc1ccc(-c2ccc(Cl)c(Cl)c2)s1)C(=O)NC(N)=O. The summed E-state index contributed by atoms with van der Waals surface area (Å²) in [6, 6.07) is 9.53. The zero-order chi connectivity index (χ0) is 17.0. The van der Waals surface area contributed by atoms with E-state index in [1.54, 1.807) is 24.3 Å². The van der Waals surface area contributed by atoms with Crippen molar-refractivity contribution in [2.75, 3.05) is 0 Å². The summed E-state index contributed by atoms with van der Waals surface area (Å²) < 4.78 is 0. The number of nitriles is 1. The number of imide groups is 1. The highest BCUT2D eigenvalue weighted by atomic mass is 35.5. The summed E-state index contributed by atoms with van der Waals surface area (Å²) in [5.41, 5.74) is 5.51. The van der Waals surface area contributed by atoms with E-state index in [0.29, 0.717) is 14.9 Å². The van der Waals surface area contributed by atoms with Crippen molar-refractivity contribution in [3.05, 3.63) is 50.8 Å². The Kier molecular flexibility index (Phi) is 5.40. The molecule has 0 fully saturated rings. The third-order valence-corrected chi connectivity index (χ3v) is 4.54. The van der Waals surface area contributed by atoms with E-state index >= 15 is 0 Å². The maximum atomic E-state index is 11.6. The normalized spacial score (nSPS) is 10.9. The van der Waals surface area contributed by atoms with Crippen LogP contribution in [0.2, 0.25) is 10.0 Å². The summed E-state index contributed by atoms with van der Waals surface area (Å²) in [4.78, 5) is 23.8. The van der Waals surface area contributed by atoms with Crippen LogP contribution >= 0.6 is 34.5 Å². The molecule has 1 heterocycles. The molecule has 0 aliphatic heterocycles. The number of nitrogens with two attached hydrogens (primary N) is 1. The highest BCUT2D eigenvalue weighted by Crippen LogP contribution is 2.33. The number of carbonyl (C=O) groups excluding carboxylic acids is 2. The van der Waals surface area contributed by atoms with Gasteiger partial charge in [0, 0.05) is 9.75 Å².